The Labute approximate surface area is 236 Å². The number of benzene rings is 2. The normalized spacial score (nSPS) is 24.2. The van der Waals surface area contributed by atoms with Crippen LogP contribution >= 0.6 is 11.6 Å². The summed E-state index contributed by atoms with van der Waals surface area (Å²) in [5.74, 6) is 0.255. The van der Waals surface area contributed by atoms with Crippen LogP contribution in [0.15, 0.2) is 53.5 Å². The van der Waals surface area contributed by atoms with Crippen molar-refractivity contribution in [3.05, 3.63) is 70.2 Å². The number of amides is 1. The summed E-state index contributed by atoms with van der Waals surface area (Å²) in [6, 6.07) is 16.0. The number of carboxylic acid groups (broad SMARTS) is 1. The molecule has 2 fully saturated rings. The first-order chi connectivity index (χ1) is 18.6. The zero-order chi connectivity index (χ0) is 27.8. The largest absolute Gasteiger partial charge is 0.481 e. The molecule has 2 saturated carbocycles. The summed E-state index contributed by atoms with van der Waals surface area (Å²) < 4.78 is 0. The molecule has 3 aliphatic rings. The van der Waals surface area contributed by atoms with Crippen molar-refractivity contribution in [2.45, 2.75) is 84.0 Å². The number of aliphatic carboxylic acids is 1. The second-order valence-corrected chi connectivity index (χ2v) is 13.0. The highest BCUT2D eigenvalue weighted by Crippen LogP contribution is 2.54. The van der Waals surface area contributed by atoms with Gasteiger partial charge >= 0.3 is 5.97 Å². The summed E-state index contributed by atoms with van der Waals surface area (Å²) in [6.45, 7) is 8.01. The van der Waals surface area contributed by atoms with E-state index in [-0.39, 0.29) is 23.8 Å². The van der Waals surface area contributed by atoms with Crippen LogP contribution in [0.2, 0.25) is 5.02 Å². The number of nitrogens with one attached hydrogen (secondary N) is 1. The zero-order valence-corrected chi connectivity index (χ0v) is 24.0. The number of carbonyl (C=O) groups is 2. The van der Waals surface area contributed by atoms with E-state index in [1.807, 2.05) is 24.3 Å². The molecule has 1 unspecified atom stereocenters. The SMILES string of the molecule is CC(C)(C)C1CCC2(CC1)N=C(c1cccc(Cl)c1)C(=O)N2C(c1ccc(CNCCC(=O)O)cc1)C1CC1. The fourth-order valence-electron chi connectivity index (χ4n) is 6.43. The Balaban J connectivity index is 1.45. The standard InChI is InChI=1S/C32H40ClN3O3/c1-31(2,3)25-13-16-32(17-14-25)35-28(24-5-4-6-26(33)19-24)30(39)36(32)29(23-11-12-23)22-9-7-21(8-10-22)20-34-18-15-27(37)38/h4-10,19,23,25,29,34H,11-18,20H2,1-3H3,(H,37,38). The van der Waals surface area contributed by atoms with Crippen LogP contribution in [0.1, 0.15) is 88.4 Å². The maximum Gasteiger partial charge on any atom is 0.304 e. The third-order valence-corrected chi connectivity index (χ3v) is 9.05. The molecule has 5 rings (SSSR count). The number of rotatable bonds is 9. The van der Waals surface area contributed by atoms with Gasteiger partial charge in [-0.25, -0.2) is 0 Å². The summed E-state index contributed by atoms with van der Waals surface area (Å²) in [4.78, 5) is 32.5. The molecule has 2 aromatic carbocycles. The summed E-state index contributed by atoms with van der Waals surface area (Å²) >= 11 is 6.33. The lowest BCUT2D eigenvalue weighted by Gasteiger charge is -2.47. The van der Waals surface area contributed by atoms with E-state index >= 15 is 0 Å². The minimum Gasteiger partial charge on any atom is -0.481 e. The summed E-state index contributed by atoms with van der Waals surface area (Å²) in [6.07, 6.45) is 6.18. The highest BCUT2D eigenvalue weighted by Gasteiger charge is 2.55. The first-order valence-corrected chi connectivity index (χ1v) is 14.7. The lowest BCUT2D eigenvalue weighted by Crippen LogP contribution is -2.52. The van der Waals surface area contributed by atoms with Gasteiger partial charge in [-0.05, 0) is 79.0 Å². The van der Waals surface area contributed by atoms with Crippen molar-refractivity contribution in [2.24, 2.45) is 22.2 Å². The van der Waals surface area contributed by atoms with E-state index in [0.29, 0.717) is 35.7 Å². The van der Waals surface area contributed by atoms with Gasteiger partial charge < -0.3 is 15.3 Å². The van der Waals surface area contributed by atoms with Gasteiger partial charge in [-0.2, -0.15) is 0 Å². The van der Waals surface area contributed by atoms with Crippen LogP contribution in [-0.4, -0.2) is 39.8 Å². The van der Waals surface area contributed by atoms with Crippen molar-refractivity contribution in [3.63, 3.8) is 0 Å². The lowest BCUT2D eigenvalue weighted by molar-refractivity contribution is -0.137. The molecule has 1 spiro atoms. The second kappa shape index (κ2) is 11.1. The van der Waals surface area contributed by atoms with E-state index in [2.05, 4.69) is 55.3 Å². The molecule has 0 bridgehead atoms. The van der Waals surface area contributed by atoms with Crippen molar-refractivity contribution >= 4 is 29.2 Å². The topological polar surface area (TPSA) is 82.0 Å². The number of hydrogen-bond acceptors (Lipinski definition) is 4. The molecule has 1 atom stereocenters. The molecular formula is C32H40ClN3O3. The number of carbonyl (C=O) groups excluding carboxylic acids is 1. The summed E-state index contributed by atoms with van der Waals surface area (Å²) in [7, 11) is 0. The molecule has 2 aromatic rings. The Bertz CT molecular complexity index is 1240. The molecule has 1 aliphatic heterocycles. The molecule has 208 valence electrons. The maximum atomic E-state index is 14.3. The van der Waals surface area contributed by atoms with E-state index in [1.165, 1.54) is 0 Å². The van der Waals surface area contributed by atoms with E-state index in [4.69, 9.17) is 21.7 Å². The number of carboxylic acids is 1. The zero-order valence-electron chi connectivity index (χ0n) is 23.3. The van der Waals surface area contributed by atoms with Crippen molar-refractivity contribution in [2.75, 3.05) is 6.54 Å². The van der Waals surface area contributed by atoms with Crippen LogP contribution in [0.3, 0.4) is 0 Å². The van der Waals surface area contributed by atoms with Gasteiger partial charge in [-0.15, -0.1) is 0 Å². The van der Waals surface area contributed by atoms with Gasteiger partial charge in [0.1, 0.15) is 11.4 Å². The predicted octanol–water partition coefficient (Wildman–Crippen LogP) is 6.62. The second-order valence-electron chi connectivity index (χ2n) is 12.6. The maximum absolute atomic E-state index is 14.3. The first-order valence-electron chi connectivity index (χ1n) is 14.3. The van der Waals surface area contributed by atoms with E-state index < -0.39 is 11.6 Å². The molecule has 39 heavy (non-hydrogen) atoms. The van der Waals surface area contributed by atoms with Gasteiger partial charge in [0.25, 0.3) is 5.91 Å². The molecule has 0 saturated heterocycles. The van der Waals surface area contributed by atoms with Gasteiger partial charge in [0.15, 0.2) is 0 Å². The van der Waals surface area contributed by atoms with E-state index in [0.717, 1.165) is 55.2 Å². The molecule has 2 aliphatic carbocycles. The molecule has 0 radical (unpaired) electrons. The number of aliphatic imine (C=N–C) groups is 1. The average Bonchev–Trinajstić information content (AvgIpc) is 3.69. The van der Waals surface area contributed by atoms with Gasteiger partial charge in [0.05, 0.1) is 12.5 Å². The lowest BCUT2D eigenvalue weighted by atomic mass is 9.69. The molecule has 0 aromatic heterocycles. The number of halogens is 1. The van der Waals surface area contributed by atoms with Gasteiger partial charge in [-0.3, -0.25) is 14.6 Å². The molecule has 7 heteroatoms. The van der Waals surface area contributed by atoms with Crippen molar-refractivity contribution < 1.29 is 14.7 Å². The third-order valence-electron chi connectivity index (χ3n) is 8.81. The van der Waals surface area contributed by atoms with Gasteiger partial charge in [0.2, 0.25) is 0 Å². The predicted molar refractivity (Wildman–Crippen MR) is 155 cm³/mol. The van der Waals surface area contributed by atoms with E-state index in [9.17, 15) is 9.59 Å². The average molecular weight is 550 g/mol. The minimum absolute atomic E-state index is 0.0156. The van der Waals surface area contributed by atoms with E-state index in [1.54, 1.807) is 0 Å². The Morgan fingerprint density at radius 1 is 1.13 bits per heavy atom. The Morgan fingerprint density at radius 3 is 2.41 bits per heavy atom. The quantitative estimate of drug-likeness (QED) is 0.344. The van der Waals surface area contributed by atoms with Crippen molar-refractivity contribution in [1.29, 1.82) is 0 Å². The van der Waals surface area contributed by atoms with Crippen molar-refractivity contribution in [3.8, 4) is 0 Å². The number of hydrogen-bond donors (Lipinski definition) is 2. The third kappa shape index (κ3) is 6.07. The smallest absolute Gasteiger partial charge is 0.304 e. The summed E-state index contributed by atoms with van der Waals surface area (Å²) in [5.41, 5.74) is 3.29. The summed E-state index contributed by atoms with van der Waals surface area (Å²) in [5, 5.41) is 12.7. The van der Waals surface area contributed by atoms with Crippen LogP contribution in [0, 0.1) is 17.3 Å². The van der Waals surface area contributed by atoms with Crippen LogP contribution in [0.4, 0.5) is 0 Å². The highest BCUT2D eigenvalue weighted by atomic mass is 35.5. The monoisotopic (exact) mass is 549 g/mol. The van der Waals surface area contributed by atoms with Crippen LogP contribution < -0.4 is 5.32 Å². The minimum atomic E-state index is -0.801. The Morgan fingerprint density at radius 2 is 1.82 bits per heavy atom. The van der Waals surface area contributed by atoms with Gasteiger partial charge in [0, 0.05) is 23.7 Å². The Hall–Kier alpha value is -2.70. The number of nitrogens with zero attached hydrogens (tertiary/aromatic N) is 2. The van der Waals surface area contributed by atoms with Crippen LogP contribution in [0.25, 0.3) is 0 Å². The Kier molecular flexibility index (Phi) is 7.89. The molecule has 2 N–H and O–H groups in total. The van der Waals surface area contributed by atoms with Crippen molar-refractivity contribution in [1.82, 2.24) is 10.2 Å². The molecule has 6 nitrogen and oxygen atoms in total. The van der Waals surface area contributed by atoms with Crippen LogP contribution in [0.5, 0.6) is 0 Å². The molecule has 1 heterocycles. The van der Waals surface area contributed by atoms with Gasteiger partial charge in [-0.1, -0.05) is 68.8 Å². The fourth-order valence-corrected chi connectivity index (χ4v) is 6.62. The first kappa shape index (κ1) is 27.9. The fraction of sp³-hybridized carbons (Fsp3) is 0.531. The van der Waals surface area contributed by atoms with Crippen LogP contribution in [-0.2, 0) is 16.1 Å². The highest BCUT2D eigenvalue weighted by molar-refractivity contribution is 6.47. The molecular weight excluding hydrogens is 510 g/mol. The molecule has 1 amide bonds.